The fourth-order valence-electron chi connectivity index (χ4n) is 2.48. The summed E-state index contributed by atoms with van der Waals surface area (Å²) in [5, 5.41) is 4.27. The largest absolute Gasteiger partial charge is 0.381 e. The summed E-state index contributed by atoms with van der Waals surface area (Å²) in [5.74, 6) is 1.50. The Morgan fingerprint density at radius 3 is 2.94 bits per heavy atom. The van der Waals surface area contributed by atoms with E-state index in [1.54, 1.807) is 12.4 Å². The molecule has 0 amide bonds. The van der Waals surface area contributed by atoms with Crippen molar-refractivity contribution in [1.29, 1.82) is 0 Å². The van der Waals surface area contributed by atoms with Gasteiger partial charge < -0.3 is 5.32 Å². The van der Waals surface area contributed by atoms with Crippen LogP contribution < -0.4 is 5.32 Å². The fourth-order valence-corrected chi connectivity index (χ4v) is 2.65. The van der Waals surface area contributed by atoms with E-state index >= 15 is 0 Å². The molecule has 16 heavy (non-hydrogen) atoms. The highest BCUT2D eigenvalue weighted by Gasteiger charge is 2.27. The predicted molar refractivity (Wildman–Crippen MR) is 68.8 cm³/mol. The molecule has 0 spiro atoms. The highest BCUT2D eigenvalue weighted by molar-refractivity contribution is 6.33. The second kappa shape index (κ2) is 5.05. The Labute approximate surface area is 102 Å². The van der Waals surface area contributed by atoms with Crippen molar-refractivity contribution in [2.75, 3.05) is 5.32 Å². The minimum absolute atomic E-state index is 0.545. The van der Waals surface area contributed by atoms with Gasteiger partial charge in [0.2, 0.25) is 0 Å². The first-order chi connectivity index (χ1) is 7.68. The average molecular weight is 239 g/mol. The van der Waals surface area contributed by atoms with Gasteiger partial charge >= 0.3 is 0 Å². The third kappa shape index (κ3) is 2.49. The van der Waals surface area contributed by atoms with E-state index in [1.165, 1.54) is 19.3 Å². The maximum Gasteiger partial charge on any atom is 0.0820 e. The molecule has 2 rings (SSSR count). The van der Waals surface area contributed by atoms with Crippen molar-refractivity contribution in [3.05, 3.63) is 23.5 Å². The molecule has 1 fully saturated rings. The fraction of sp³-hybridized carbons (Fsp3) is 0.615. The van der Waals surface area contributed by atoms with Crippen LogP contribution in [0.2, 0.25) is 5.02 Å². The van der Waals surface area contributed by atoms with Crippen LogP contribution in [-0.4, -0.2) is 11.0 Å². The summed E-state index contributed by atoms with van der Waals surface area (Å²) in [5.41, 5.74) is 1.02. The monoisotopic (exact) mass is 238 g/mol. The Kier molecular flexibility index (Phi) is 3.70. The molecule has 3 unspecified atom stereocenters. The minimum Gasteiger partial charge on any atom is -0.381 e. The number of nitrogens with zero attached hydrogens (tertiary/aromatic N) is 1. The van der Waals surface area contributed by atoms with E-state index in [9.17, 15) is 0 Å². The van der Waals surface area contributed by atoms with E-state index in [1.807, 2.05) is 6.07 Å². The molecule has 0 bridgehead atoms. The Balaban J connectivity index is 2.06. The smallest absolute Gasteiger partial charge is 0.0820 e. The van der Waals surface area contributed by atoms with Gasteiger partial charge in [0.05, 0.1) is 10.7 Å². The van der Waals surface area contributed by atoms with Crippen molar-refractivity contribution >= 4 is 17.3 Å². The second-order valence-electron chi connectivity index (χ2n) is 4.87. The molecule has 1 aliphatic carbocycles. The van der Waals surface area contributed by atoms with E-state index in [4.69, 9.17) is 11.6 Å². The Bertz CT molecular complexity index is 354. The van der Waals surface area contributed by atoms with Crippen molar-refractivity contribution < 1.29 is 0 Å². The third-order valence-electron chi connectivity index (χ3n) is 3.82. The molecule has 3 heteroatoms. The summed E-state index contributed by atoms with van der Waals surface area (Å²) in [6.07, 6.45) is 7.38. The van der Waals surface area contributed by atoms with Crippen molar-refractivity contribution in [2.24, 2.45) is 11.8 Å². The highest BCUT2D eigenvalue weighted by atomic mass is 35.5. The lowest BCUT2D eigenvalue weighted by molar-refractivity contribution is 0.253. The normalized spacial score (nSPS) is 30.1. The summed E-state index contributed by atoms with van der Waals surface area (Å²) >= 11 is 6.10. The molecule has 0 aromatic carbocycles. The zero-order valence-corrected chi connectivity index (χ0v) is 10.7. The summed E-state index contributed by atoms with van der Waals surface area (Å²) < 4.78 is 0. The number of hydrogen-bond acceptors (Lipinski definition) is 2. The van der Waals surface area contributed by atoms with Crippen LogP contribution in [0.1, 0.15) is 33.1 Å². The minimum atomic E-state index is 0.545. The van der Waals surface area contributed by atoms with E-state index in [0.717, 1.165) is 11.6 Å². The highest BCUT2D eigenvalue weighted by Crippen LogP contribution is 2.32. The lowest BCUT2D eigenvalue weighted by Gasteiger charge is -2.35. The SMILES string of the molecule is CC1CCCC(Nc2ccncc2Cl)C1C. The number of rotatable bonds is 2. The van der Waals surface area contributed by atoms with Crippen LogP contribution in [0.4, 0.5) is 5.69 Å². The zero-order chi connectivity index (χ0) is 11.5. The van der Waals surface area contributed by atoms with Gasteiger partial charge in [0, 0.05) is 18.4 Å². The molecule has 2 nitrogen and oxygen atoms in total. The third-order valence-corrected chi connectivity index (χ3v) is 4.12. The standard InChI is InChI=1S/C13H19ClN2/c1-9-4-3-5-12(10(9)2)16-13-6-7-15-8-11(13)14/h6-10,12H,3-5H2,1-2H3,(H,15,16). The molecule has 1 aliphatic rings. The quantitative estimate of drug-likeness (QED) is 0.843. The van der Waals surface area contributed by atoms with Crippen LogP contribution in [0.15, 0.2) is 18.5 Å². The Hall–Kier alpha value is -0.760. The van der Waals surface area contributed by atoms with Gasteiger partial charge in [-0.15, -0.1) is 0 Å². The molecule has 88 valence electrons. The molecule has 1 aromatic heterocycles. The summed E-state index contributed by atoms with van der Waals surface area (Å²) in [7, 11) is 0. The number of hydrogen-bond donors (Lipinski definition) is 1. The van der Waals surface area contributed by atoms with E-state index in [2.05, 4.69) is 24.1 Å². The van der Waals surface area contributed by atoms with Gasteiger partial charge in [-0.25, -0.2) is 0 Å². The topological polar surface area (TPSA) is 24.9 Å². The summed E-state index contributed by atoms with van der Waals surface area (Å²) in [6.45, 7) is 4.67. The number of anilines is 1. The first-order valence-electron chi connectivity index (χ1n) is 6.04. The first-order valence-corrected chi connectivity index (χ1v) is 6.42. The maximum absolute atomic E-state index is 6.10. The Morgan fingerprint density at radius 2 is 2.19 bits per heavy atom. The van der Waals surface area contributed by atoms with Crippen molar-refractivity contribution in [1.82, 2.24) is 4.98 Å². The maximum atomic E-state index is 6.10. The zero-order valence-electron chi connectivity index (χ0n) is 9.91. The number of aromatic nitrogens is 1. The van der Waals surface area contributed by atoms with E-state index in [0.29, 0.717) is 17.0 Å². The van der Waals surface area contributed by atoms with Gasteiger partial charge in [-0.2, -0.15) is 0 Å². The summed E-state index contributed by atoms with van der Waals surface area (Å²) in [4.78, 5) is 4.00. The molecule has 1 heterocycles. The van der Waals surface area contributed by atoms with Crippen LogP contribution in [0.5, 0.6) is 0 Å². The average Bonchev–Trinajstić information content (AvgIpc) is 2.28. The Morgan fingerprint density at radius 1 is 1.38 bits per heavy atom. The first kappa shape index (κ1) is 11.7. The van der Waals surface area contributed by atoms with Crippen LogP contribution in [0, 0.1) is 11.8 Å². The second-order valence-corrected chi connectivity index (χ2v) is 5.28. The van der Waals surface area contributed by atoms with Crippen LogP contribution in [-0.2, 0) is 0 Å². The van der Waals surface area contributed by atoms with Gasteiger partial charge in [-0.05, 0) is 24.3 Å². The molecule has 0 radical (unpaired) electrons. The molecule has 1 N–H and O–H groups in total. The lowest BCUT2D eigenvalue weighted by Crippen LogP contribution is -2.35. The van der Waals surface area contributed by atoms with Gasteiger partial charge in [0.1, 0.15) is 0 Å². The molecular formula is C13H19ClN2. The molecule has 0 saturated heterocycles. The molecular weight excluding hydrogens is 220 g/mol. The van der Waals surface area contributed by atoms with Crippen molar-refractivity contribution in [3.63, 3.8) is 0 Å². The van der Waals surface area contributed by atoms with Gasteiger partial charge in [0.25, 0.3) is 0 Å². The predicted octanol–water partition coefficient (Wildman–Crippen LogP) is 3.97. The molecule has 1 saturated carbocycles. The number of halogens is 1. The van der Waals surface area contributed by atoms with Crippen molar-refractivity contribution in [2.45, 2.75) is 39.2 Å². The summed E-state index contributed by atoms with van der Waals surface area (Å²) in [6, 6.07) is 2.50. The van der Waals surface area contributed by atoms with Crippen molar-refractivity contribution in [3.8, 4) is 0 Å². The number of nitrogens with one attached hydrogen (secondary N) is 1. The van der Waals surface area contributed by atoms with Gasteiger partial charge in [-0.1, -0.05) is 38.3 Å². The van der Waals surface area contributed by atoms with Crippen LogP contribution in [0.3, 0.4) is 0 Å². The van der Waals surface area contributed by atoms with Crippen LogP contribution in [0.25, 0.3) is 0 Å². The van der Waals surface area contributed by atoms with E-state index in [-0.39, 0.29) is 0 Å². The van der Waals surface area contributed by atoms with Crippen LogP contribution >= 0.6 is 11.6 Å². The van der Waals surface area contributed by atoms with Gasteiger partial charge in [-0.3, -0.25) is 4.98 Å². The molecule has 0 aliphatic heterocycles. The number of pyridine rings is 1. The lowest BCUT2D eigenvalue weighted by atomic mass is 9.78. The van der Waals surface area contributed by atoms with E-state index < -0.39 is 0 Å². The molecule has 3 atom stereocenters. The van der Waals surface area contributed by atoms with Gasteiger partial charge in [0.15, 0.2) is 0 Å². The molecule has 1 aromatic rings.